The number of aryl methyl sites for hydroxylation is 6. The lowest BCUT2D eigenvalue weighted by Crippen LogP contribution is -2.30. The first-order valence-electron chi connectivity index (χ1n) is 34.8. The van der Waals surface area contributed by atoms with Gasteiger partial charge < -0.3 is 46.6 Å². The molecule has 8 aromatic heterocycles. The van der Waals surface area contributed by atoms with Crippen LogP contribution in [0.3, 0.4) is 0 Å². The molecule has 11 heterocycles. The Hall–Kier alpha value is -14.1. The number of fused-ring (bicyclic) bond motifs is 3. The summed E-state index contributed by atoms with van der Waals surface area (Å²) in [6.07, 6.45) is 13.7. The number of carbonyl (C=O) groups excluding carboxylic acids is 6. The van der Waals surface area contributed by atoms with Crippen molar-refractivity contribution < 1.29 is 28.8 Å². The van der Waals surface area contributed by atoms with Crippen LogP contribution in [-0.4, -0.2) is 162 Å². The van der Waals surface area contributed by atoms with Crippen LogP contribution >= 0.6 is 0 Å². The van der Waals surface area contributed by atoms with E-state index in [4.69, 9.17) is 32.2 Å². The summed E-state index contributed by atoms with van der Waals surface area (Å²) in [5.41, 5.74) is 34.0. The van der Waals surface area contributed by atoms with Crippen molar-refractivity contribution in [2.75, 3.05) is 91.2 Å². The first-order valence-corrected chi connectivity index (χ1v) is 34.8. The van der Waals surface area contributed by atoms with E-state index in [1.807, 2.05) is 173 Å². The Morgan fingerprint density at radius 1 is 0.380 bits per heavy atom. The number of anilines is 6. The largest absolute Gasteiger partial charge is 0.382 e. The van der Waals surface area contributed by atoms with Crippen LogP contribution in [0.4, 0.5) is 35.3 Å². The molecule has 6 N–H and O–H groups in total. The molecule has 26 heteroatoms. The molecule has 0 bridgehead atoms. The fraction of sp³-hybridized carbons (Fsp3) is 0.220. The quantitative estimate of drug-likeness (QED) is 0.0758. The highest BCUT2D eigenvalue weighted by molar-refractivity contribution is 6.11. The van der Waals surface area contributed by atoms with E-state index in [9.17, 15) is 28.8 Å². The van der Waals surface area contributed by atoms with Crippen molar-refractivity contribution in [1.82, 2.24) is 67.8 Å². The van der Waals surface area contributed by atoms with Gasteiger partial charge in [-0.1, -0.05) is 109 Å². The highest BCUT2D eigenvalue weighted by Crippen LogP contribution is 2.37. The Balaban J connectivity index is 0.000000143. The van der Waals surface area contributed by atoms with Crippen molar-refractivity contribution in [3.8, 4) is 69.3 Å². The number of carbonyl (C=O) groups is 6. The molecule has 0 saturated carbocycles. The minimum absolute atomic E-state index is 0.0248. The van der Waals surface area contributed by atoms with Crippen molar-refractivity contribution in [3.05, 3.63) is 220 Å². The molecule has 0 unspecified atom stereocenters. The van der Waals surface area contributed by atoms with Gasteiger partial charge in [-0.25, -0.2) is 29.9 Å². The van der Waals surface area contributed by atoms with Crippen LogP contribution in [0.2, 0.25) is 0 Å². The molecule has 108 heavy (non-hydrogen) atoms. The molecule has 0 radical (unpaired) electrons. The molecule has 3 amide bonds. The average molecular weight is 1440 g/mol. The molecule has 0 spiro atoms. The molecule has 0 atom stereocenters. The summed E-state index contributed by atoms with van der Waals surface area (Å²) in [6.45, 7) is 21.1. The second-order valence-corrected chi connectivity index (χ2v) is 26.3. The van der Waals surface area contributed by atoms with Crippen molar-refractivity contribution in [1.29, 1.82) is 0 Å². The molecule has 15 rings (SSSR count). The number of benzene rings is 4. The second kappa shape index (κ2) is 30.7. The summed E-state index contributed by atoms with van der Waals surface area (Å²) < 4.78 is 5.68. The number of pyridine rings is 2. The van der Waals surface area contributed by atoms with Crippen molar-refractivity contribution in [2.45, 2.75) is 62.3 Å². The molecule has 540 valence electrons. The van der Waals surface area contributed by atoms with Gasteiger partial charge in [0, 0.05) is 128 Å². The minimum Gasteiger partial charge on any atom is -0.382 e. The SMILES string of the molecule is CC#CC(=O)N1CCN(c2nc(-c3ccc(C(=O)c4ccccc4)c(C)c3)c3c(N)nccn23)C1.CC#CC(=O)N1CCN(c2nc(-c3ccc(C(=O)c4ncc(C)cc4C)c(C)c3)c3c(N)nccn23)C1.CC#CC(=O)N1CCN(c2nc(-c3ccc(C(=O)c4ncc(C)cc4C)cc3)c3c(N)nccn23)C1. The molecule has 0 aliphatic carbocycles. The van der Waals surface area contributed by atoms with Gasteiger partial charge in [0.1, 0.15) is 62.5 Å². The van der Waals surface area contributed by atoms with Gasteiger partial charge in [-0.2, -0.15) is 0 Å². The van der Waals surface area contributed by atoms with Gasteiger partial charge in [-0.05, 0) is 126 Å². The van der Waals surface area contributed by atoms with Crippen LogP contribution in [-0.2, 0) is 14.4 Å². The minimum atomic E-state index is -0.208. The lowest BCUT2D eigenvalue weighted by molar-refractivity contribution is -0.124. The number of nitrogens with two attached hydrogens (primary N) is 3. The summed E-state index contributed by atoms with van der Waals surface area (Å²) in [7, 11) is 0. The monoisotopic (exact) mass is 1440 g/mol. The van der Waals surface area contributed by atoms with Gasteiger partial charge in [0.25, 0.3) is 17.7 Å². The van der Waals surface area contributed by atoms with E-state index in [1.54, 1.807) is 84.8 Å². The number of imidazole rings is 3. The van der Waals surface area contributed by atoms with Gasteiger partial charge in [-0.15, -0.1) is 0 Å². The smallest absolute Gasteiger partial charge is 0.299 e. The molecule has 4 aromatic carbocycles. The third-order valence-corrected chi connectivity index (χ3v) is 18.8. The summed E-state index contributed by atoms with van der Waals surface area (Å²) in [5, 5.41) is 0. The van der Waals surface area contributed by atoms with Crippen LogP contribution in [0.5, 0.6) is 0 Å². The maximum atomic E-state index is 13.3. The average Bonchev–Trinajstić information content (AvgIpc) is 1.61. The van der Waals surface area contributed by atoms with Crippen molar-refractivity contribution in [3.63, 3.8) is 0 Å². The van der Waals surface area contributed by atoms with Gasteiger partial charge in [0.2, 0.25) is 29.4 Å². The molecule has 3 saturated heterocycles. The number of nitrogens with zero attached hydrogens (tertiary/aromatic N) is 17. The standard InChI is InChI=1S/C28H27N7O2.C27H25N7O2.C27H24N6O2/c1-5-6-22(36)33-11-12-34(16-33)28-32-24(25-27(29)30-9-10-35(25)28)20-7-8-21(18(3)14-20)26(37)23-19(4)13-17(2)15-31-23;1-4-5-21(35)32-12-13-33(16-32)27-31-23(24-26(28)29-10-11-34(24)27)19-6-8-20(9-7-19)25(36)22-18(3)14-17(2)15-30-22;1-3-7-22(34)31-14-15-32(17-31)27-30-23(24-26(28)29-12-13-33(24)27)20-10-11-21(18(2)16-20)25(35)19-8-5-4-6-9-19/h7-10,13-15H,11-12,16H2,1-4H3,(H2,29,30);6-11,14-15H,12-13,16H2,1-3H3,(H2,28,29);4-6,8-13,16H,14-15,17H2,1-2H3,(H2,28,29). The lowest BCUT2D eigenvalue weighted by Gasteiger charge is -2.17. The van der Waals surface area contributed by atoms with Crippen LogP contribution in [0.25, 0.3) is 50.3 Å². The Morgan fingerprint density at radius 3 is 1.10 bits per heavy atom. The summed E-state index contributed by atoms with van der Waals surface area (Å²) in [5.74, 6) is 17.9. The number of ketones is 3. The van der Waals surface area contributed by atoms with Gasteiger partial charge in [-0.3, -0.25) is 51.9 Å². The predicted octanol–water partition coefficient (Wildman–Crippen LogP) is 9.16. The first kappa shape index (κ1) is 72.3. The maximum Gasteiger partial charge on any atom is 0.299 e. The van der Waals surface area contributed by atoms with E-state index in [-0.39, 0.29) is 35.1 Å². The number of hydrogen-bond acceptors (Lipinski definition) is 20. The number of hydrogen-bond donors (Lipinski definition) is 3. The van der Waals surface area contributed by atoms with E-state index >= 15 is 0 Å². The van der Waals surface area contributed by atoms with Crippen LogP contribution in [0, 0.1) is 77.1 Å². The zero-order chi connectivity index (χ0) is 76.2. The number of amides is 3. The predicted molar refractivity (Wildman–Crippen MR) is 414 cm³/mol. The fourth-order valence-corrected chi connectivity index (χ4v) is 13.6. The third kappa shape index (κ3) is 14.4. The Labute approximate surface area is 622 Å². The number of nitrogen functional groups attached to an aromatic ring is 3. The van der Waals surface area contributed by atoms with E-state index in [0.717, 1.165) is 50.1 Å². The molecule has 12 aromatic rings. The molecular weight excluding hydrogens is 1360 g/mol. The molecule has 3 aliphatic heterocycles. The van der Waals surface area contributed by atoms with Crippen LogP contribution in [0.1, 0.15) is 102 Å². The highest BCUT2D eigenvalue weighted by atomic mass is 16.2. The lowest BCUT2D eigenvalue weighted by atomic mass is 9.96. The number of rotatable bonds is 12. The molecule has 26 nitrogen and oxygen atoms in total. The zero-order valence-corrected chi connectivity index (χ0v) is 61.1. The zero-order valence-electron chi connectivity index (χ0n) is 61.1. The normalized spacial score (nSPS) is 13.1. The molecule has 3 fully saturated rings. The maximum absolute atomic E-state index is 13.3. The van der Waals surface area contributed by atoms with E-state index in [1.165, 1.54) is 0 Å². The molecule has 3 aliphatic rings. The summed E-state index contributed by atoms with van der Waals surface area (Å²) in [4.78, 5) is 123. The van der Waals surface area contributed by atoms with Crippen molar-refractivity contribution >= 4 is 86.9 Å². The van der Waals surface area contributed by atoms with Crippen LogP contribution < -0.4 is 31.9 Å². The summed E-state index contributed by atoms with van der Waals surface area (Å²) in [6, 6.07) is 31.7. The highest BCUT2D eigenvalue weighted by Gasteiger charge is 2.33. The number of aromatic nitrogens is 11. The first-order chi connectivity index (χ1) is 52.1. The van der Waals surface area contributed by atoms with E-state index in [2.05, 4.69) is 60.4 Å². The topological polar surface area (TPSA) is 316 Å². The fourth-order valence-electron chi connectivity index (χ4n) is 13.6. The van der Waals surface area contributed by atoms with E-state index in [0.29, 0.717) is 162 Å². The van der Waals surface area contributed by atoms with Gasteiger partial charge >= 0.3 is 0 Å². The van der Waals surface area contributed by atoms with Crippen molar-refractivity contribution in [2.24, 2.45) is 0 Å². The Kier molecular flexibility index (Phi) is 20.6. The third-order valence-electron chi connectivity index (χ3n) is 18.8. The Morgan fingerprint density at radius 2 is 0.731 bits per heavy atom. The van der Waals surface area contributed by atoms with Gasteiger partial charge in [0.15, 0.2) is 5.78 Å². The van der Waals surface area contributed by atoms with Crippen LogP contribution in [0.15, 0.2) is 153 Å². The van der Waals surface area contributed by atoms with E-state index < -0.39 is 0 Å². The van der Waals surface area contributed by atoms with Gasteiger partial charge in [0.05, 0.1) is 20.0 Å². The second-order valence-electron chi connectivity index (χ2n) is 26.3. The molecular formula is C82H76N20O6. The Bertz CT molecular complexity index is 5830. The summed E-state index contributed by atoms with van der Waals surface area (Å²) >= 11 is 0.